The molecule has 0 aromatic heterocycles. The number of ether oxygens (including phenoxy) is 1. The third-order valence-corrected chi connectivity index (χ3v) is 3.89. The summed E-state index contributed by atoms with van der Waals surface area (Å²) < 4.78 is 5.45. The van der Waals surface area contributed by atoms with Gasteiger partial charge in [-0.25, -0.2) is 0 Å². The van der Waals surface area contributed by atoms with Crippen molar-refractivity contribution in [1.82, 2.24) is 0 Å². The van der Waals surface area contributed by atoms with Crippen LogP contribution in [0.25, 0.3) is 0 Å². The molecule has 0 radical (unpaired) electrons. The van der Waals surface area contributed by atoms with Crippen molar-refractivity contribution in [1.29, 1.82) is 0 Å². The number of unbranched alkanes of at least 4 members (excludes halogenated alkanes) is 2. The van der Waals surface area contributed by atoms with E-state index in [1.54, 1.807) is 0 Å². The number of hydrogen-bond acceptors (Lipinski definition) is 2. The molecule has 0 aliphatic carbocycles. The number of benzene rings is 1. The number of carbonyl (C=O) groups excluding carboxylic acids is 1. The van der Waals surface area contributed by atoms with Crippen molar-refractivity contribution in [2.45, 2.75) is 52.6 Å². The smallest absolute Gasteiger partial charge is 0.309 e. The lowest BCUT2D eigenvalue weighted by molar-refractivity contribution is -0.150. The van der Waals surface area contributed by atoms with Crippen LogP contribution >= 0.6 is 0 Å². The maximum absolute atomic E-state index is 12.2. The van der Waals surface area contributed by atoms with E-state index < -0.39 is 0 Å². The van der Waals surface area contributed by atoms with E-state index >= 15 is 0 Å². The molecular formula is C22H30O2. The molecule has 1 rings (SSSR count). The maximum Gasteiger partial charge on any atom is 0.309 e. The monoisotopic (exact) mass is 326 g/mol. The van der Waals surface area contributed by atoms with Crippen molar-refractivity contribution >= 4 is 5.97 Å². The third kappa shape index (κ3) is 9.14. The van der Waals surface area contributed by atoms with Crippen molar-refractivity contribution in [3.63, 3.8) is 0 Å². The molecule has 2 nitrogen and oxygen atoms in total. The van der Waals surface area contributed by atoms with E-state index in [4.69, 9.17) is 4.74 Å². The minimum Gasteiger partial charge on any atom is -0.461 e. The summed E-state index contributed by atoms with van der Waals surface area (Å²) in [5, 5.41) is 0. The van der Waals surface area contributed by atoms with Crippen molar-refractivity contribution in [3.05, 3.63) is 72.4 Å². The average Bonchev–Trinajstić information content (AvgIpc) is 2.62. The molecule has 0 bridgehead atoms. The van der Waals surface area contributed by atoms with Gasteiger partial charge in [0.1, 0.15) is 6.61 Å². The number of hydrogen-bond donors (Lipinski definition) is 0. The number of rotatable bonds is 11. The first kappa shape index (κ1) is 20.0. The van der Waals surface area contributed by atoms with Crippen LogP contribution in [0.4, 0.5) is 0 Å². The van der Waals surface area contributed by atoms with Gasteiger partial charge in [-0.15, -0.1) is 0 Å². The minimum absolute atomic E-state index is 0.0206. The molecule has 1 aromatic carbocycles. The van der Waals surface area contributed by atoms with Gasteiger partial charge in [-0.3, -0.25) is 4.79 Å². The zero-order chi connectivity index (χ0) is 17.5. The first-order chi connectivity index (χ1) is 11.8. The molecule has 1 unspecified atom stereocenters. The zero-order valence-corrected chi connectivity index (χ0v) is 15.0. The van der Waals surface area contributed by atoms with Crippen molar-refractivity contribution < 1.29 is 9.53 Å². The molecular weight excluding hydrogens is 296 g/mol. The molecule has 0 heterocycles. The molecule has 1 atom stereocenters. The highest BCUT2D eigenvalue weighted by Gasteiger charge is 2.17. The van der Waals surface area contributed by atoms with E-state index in [1.165, 1.54) is 0 Å². The largest absolute Gasteiger partial charge is 0.461 e. The van der Waals surface area contributed by atoms with Crippen LogP contribution in [-0.4, -0.2) is 5.97 Å². The normalized spacial score (nSPS) is 13.1. The van der Waals surface area contributed by atoms with Gasteiger partial charge in [-0.2, -0.15) is 0 Å². The van der Waals surface area contributed by atoms with Gasteiger partial charge in [-0.05, 0) is 38.2 Å². The van der Waals surface area contributed by atoms with Gasteiger partial charge in [0.05, 0.1) is 5.92 Å². The summed E-state index contributed by atoms with van der Waals surface area (Å²) in [6.45, 7) is 4.43. The van der Waals surface area contributed by atoms with Crippen LogP contribution in [0, 0.1) is 5.92 Å². The summed E-state index contributed by atoms with van der Waals surface area (Å²) in [6.07, 6.45) is 17.3. The minimum atomic E-state index is -0.0637. The molecule has 0 saturated carbocycles. The van der Waals surface area contributed by atoms with Gasteiger partial charge < -0.3 is 4.74 Å². The Balaban J connectivity index is 2.20. The van der Waals surface area contributed by atoms with Gasteiger partial charge in [-0.1, -0.05) is 80.1 Å². The second-order valence-electron chi connectivity index (χ2n) is 5.82. The lowest BCUT2D eigenvalue weighted by Crippen LogP contribution is -2.17. The van der Waals surface area contributed by atoms with Crippen LogP contribution in [0.1, 0.15) is 51.5 Å². The van der Waals surface area contributed by atoms with Crippen molar-refractivity contribution in [3.8, 4) is 0 Å². The second-order valence-corrected chi connectivity index (χ2v) is 5.82. The van der Waals surface area contributed by atoms with Gasteiger partial charge >= 0.3 is 5.97 Å². The van der Waals surface area contributed by atoms with Crippen LogP contribution in [0.15, 0.2) is 66.8 Å². The molecule has 0 saturated heterocycles. The highest BCUT2D eigenvalue weighted by atomic mass is 16.5. The van der Waals surface area contributed by atoms with E-state index in [0.717, 1.165) is 37.7 Å². The molecule has 0 aliphatic rings. The molecule has 0 N–H and O–H groups in total. The molecule has 24 heavy (non-hydrogen) atoms. The van der Waals surface area contributed by atoms with E-state index in [9.17, 15) is 4.79 Å². The highest BCUT2D eigenvalue weighted by Crippen LogP contribution is 2.16. The fourth-order valence-electron chi connectivity index (χ4n) is 2.40. The number of carbonyl (C=O) groups is 1. The topological polar surface area (TPSA) is 26.3 Å². The SMILES string of the molecule is CC=CC=CC=CCCCCC(CC)C(=O)OCc1ccccc1. The summed E-state index contributed by atoms with van der Waals surface area (Å²) in [5.41, 5.74) is 1.04. The van der Waals surface area contributed by atoms with E-state index in [1.807, 2.05) is 61.6 Å². The molecule has 0 fully saturated rings. The van der Waals surface area contributed by atoms with Crippen molar-refractivity contribution in [2.75, 3.05) is 0 Å². The Kier molecular flexibility index (Phi) is 11.1. The average molecular weight is 326 g/mol. The predicted octanol–water partition coefficient (Wildman–Crippen LogP) is 6.00. The Labute approximate surface area is 146 Å². The van der Waals surface area contributed by atoms with Gasteiger partial charge in [0.25, 0.3) is 0 Å². The Morgan fingerprint density at radius 1 is 1.08 bits per heavy atom. The van der Waals surface area contributed by atoms with E-state index in [-0.39, 0.29) is 11.9 Å². The first-order valence-electron chi connectivity index (χ1n) is 8.93. The lowest BCUT2D eigenvalue weighted by atomic mass is 9.98. The summed E-state index contributed by atoms with van der Waals surface area (Å²) >= 11 is 0. The van der Waals surface area contributed by atoms with E-state index in [0.29, 0.717) is 6.61 Å². The second kappa shape index (κ2) is 13.4. The predicted molar refractivity (Wildman–Crippen MR) is 102 cm³/mol. The van der Waals surface area contributed by atoms with E-state index in [2.05, 4.69) is 19.1 Å². The van der Waals surface area contributed by atoms with Gasteiger partial charge in [0.2, 0.25) is 0 Å². The fraction of sp³-hybridized carbons (Fsp3) is 0.409. The van der Waals surface area contributed by atoms with Crippen LogP contribution in [0.3, 0.4) is 0 Å². The fourth-order valence-corrected chi connectivity index (χ4v) is 2.40. The van der Waals surface area contributed by atoms with Crippen LogP contribution in [0.2, 0.25) is 0 Å². The molecule has 2 heteroatoms. The quantitative estimate of drug-likeness (QED) is 0.283. The van der Waals surface area contributed by atoms with Gasteiger partial charge in [0.15, 0.2) is 0 Å². The summed E-state index contributed by atoms with van der Waals surface area (Å²) in [4.78, 5) is 12.2. The Bertz CT molecular complexity index is 526. The van der Waals surface area contributed by atoms with Crippen LogP contribution < -0.4 is 0 Å². The molecule has 0 aliphatic heterocycles. The summed E-state index contributed by atoms with van der Waals surface area (Å²) in [5.74, 6) is -0.0431. The number of esters is 1. The lowest BCUT2D eigenvalue weighted by Gasteiger charge is -2.14. The Morgan fingerprint density at radius 2 is 1.83 bits per heavy atom. The van der Waals surface area contributed by atoms with Crippen LogP contribution in [0.5, 0.6) is 0 Å². The first-order valence-corrected chi connectivity index (χ1v) is 8.93. The maximum atomic E-state index is 12.2. The van der Waals surface area contributed by atoms with Gasteiger partial charge in [0, 0.05) is 0 Å². The number of allylic oxidation sites excluding steroid dienone is 6. The molecule has 130 valence electrons. The third-order valence-electron chi connectivity index (χ3n) is 3.89. The zero-order valence-electron chi connectivity index (χ0n) is 15.0. The Morgan fingerprint density at radius 3 is 2.54 bits per heavy atom. The Hall–Kier alpha value is -2.09. The standard InChI is InChI=1S/C22H30O2/c1-3-5-6-7-8-9-10-11-15-18-21(4-2)22(23)24-19-20-16-13-12-14-17-20/h3,5-9,12-14,16-17,21H,4,10-11,15,18-19H2,1-2H3. The summed E-state index contributed by atoms with van der Waals surface area (Å²) in [6, 6.07) is 9.84. The summed E-state index contributed by atoms with van der Waals surface area (Å²) in [7, 11) is 0. The molecule has 0 spiro atoms. The molecule has 0 amide bonds. The highest BCUT2D eigenvalue weighted by molar-refractivity contribution is 5.72. The van der Waals surface area contributed by atoms with Crippen LogP contribution in [-0.2, 0) is 16.1 Å². The van der Waals surface area contributed by atoms with Crippen molar-refractivity contribution in [2.24, 2.45) is 5.92 Å². The molecule has 1 aromatic rings.